The van der Waals surface area contributed by atoms with Gasteiger partial charge in [0, 0.05) is 25.7 Å². The highest BCUT2D eigenvalue weighted by molar-refractivity contribution is 5.78. The van der Waals surface area contributed by atoms with Gasteiger partial charge in [-0.3, -0.25) is 4.79 Å². The Morgan fingerprint density at radius 1 is 1.33 bits per heavy atom. The molecule has 0 spiro atoms. The van der Waals surface area contributed by atoms with Crippen molar-refractivity contribution in [1.82, 2.24) is 10.2 Å². The van der Waals surface area contributed by atoms with Crippen LogP contribution in [0, 0.1) is 0 Å². The fourth-order valence-corrected chi connectivity index (χ4v) is 2.95. The number of hydrogen-bond donors (Lipinski definition) is 1. The highest BCUT2D eigenvalue weighted by atomic mass is 16.5. The number of methoxy groups -OCH3 is 1. The van der Waals surface area contributed by atoms with Crippen molar-refractivity contribution in [1.29, 1.82) is 0 Å². The van der Waals surface area contributed by atoms with E-state index in [9.17, 15) is 4.79 Å². The van der Waals surface area contributed by atoms with Gasteiger partial charge in [0.1, 0.15) is 6.61 Å². The van der Waals surface area contributed by atoms with Crippen LogP contribution in [0.3, 0.4) is 0 Å². The molecule has 2 fully saturated rings. The lowest BCUT2D eigenvalue weighted by molar-refractivity contribution is -0.137. The maximum atomic E-state index is 12.1. The van der Waals surface area contributed by atoms with Crippen LogP contribution in [-0.2, 0) is 14.3 Å². The molecule has 0 saturated carbocycles. The predicted molar refractivity (Wildman–Crippen MR) is 68.5 cm³/mol. The van der Waals surface area contributed by atoms with Crippen LogP contribution in [0.15, 0.2) is 0 Å². The largest absolute Gasteiger partial charge is 0.382 e. The van der Waals surface area contributed by atoms with E-state index in [2.05, 4.69) is 5.32 Å². The zero-order valence-electron chi connectivity index (χ0n) is 11.2. The van der Waals surface area contributed by atoms with Crippen LogP contribution in [0.4, 0.5) is 0 Å². The molecule has 2 aliphatic rings. The number of amides is 1. The van der Waals surface area contributed by atoms with E-state index in [0.717, 1.165) is 25.9 Å². The first-order valence-corrected chi connectivity index (χ1v) is 6.92. The van der Waals surface area contributed by atoms with Gasteiger partial charge in [0.25, 0.3) is 0 Å². The Hall–Kier alpha value is -0.650. The van der Waals surface area contributed by atoms with Crippen molar-refractivity contribution in [3.8, 4) is 0 Å². The molecule has 5 nitrogen and oxygen atoms in total. The molecule has 1 N–H and O–H groups in total. The van der Waals surface area contributed by atoms with Crippen molar-refractivity contribution in [3.63, 3.8) is 0 Å². The summed E-state index contributed by atoms with van der Waals surface area (Å²) in [6.07, 6.45) is 4.67. The molecule has 2 aliphatic heterocycles. The minimum absolute atomic E-state index is 0.127. The summed E-state index contributed by atoms with van der Waals surface area (Å²) in [5, 5.41) is 3.51. The average molecular weight is 256 g/mol. The summed E-state index contributed by atoms with van der Waals surface area (Å²) in [6.45, 7) is 3.19. The molecular weight excluding hydrogens is 232 g/mol. The molecule has 1 amide bonds. The SMILES string of the molecule is COCCOCC(=O)N1CCCC1C1CCCN1. The number of rotatable bonds is 6. The Labute approximate surface area is 109 Å². The number of ether oxygens (including phenoxy) is 2. The van der Waals surface area contributed by atoms with Gasteiger partial charge in [0.2, 0.25) is 5.91 Å². The number of hydrogen-bond acceptors (Lipinski definition) is 4. The lowest BCUT2D eigenvalue weighted by Gasteiger charge is -2.29. The Morgan fingerprint density at radius 2 is 2.22 bits per heavy atom. The van der Waals surface area contributed by atoms with Gasteiger partial charge < -0.3 is 19.7 Å². The zero-order chi connectivity index (χ0) is 12.8. The fourth-order valence-electron chi connectivity index (χ4n) is 2.95. The van der Waals surface area contributed by atoms with Crippen LogP contribution in [0.2, 0.25) is 0 Å². The summed E-state index contributed by atoms with van der Waals surface area (Å²) in [6, 6.07) is 0.876. The van der Waals surface area contributed by atoms with Crippen LogP contribution in [0.1, 0.15) is 25.7 Å². The van der Waals surface area contributed by atoms with E-state index in [1.54, 1.807) is 7.11 Å². The van der Waals surface area contributed by atoms with Crippen LogP contribution >= 0.6 is 0 Å². The third kappa shape index (κ3) is 3.43. The van der Waals surface area contributed by atoms with E-state index in [-0.39, 0.29) is 12.5 Å². The van der Waals surface area contributed by atoms with E-state index in [1.807, 2.05) is 4.90 Å². The molecule has 2 unspecified atom stereocenters. The molecule has 0 bridgehead atoms. The smallest absolute Gasteiger partial charge is 0.248 e. The van der Waals surface area contributed by atoms with Crippen LogP contribution in [0.25, 0.3) is 0 Å². The molecule has 0 radical (unpaired) electrons. The predicted octanol–water partition coefficient (Wildman–Crippen LogP) is 0.392. The topological polar surface area (TPSA) is 50.8 Å². The first kappa shape index (κ1) is 13.8. The van der Waals surface area contributed by atoms with Gasteiger partial charge in [-0.1, -0.05) is 0 Å². The van der Waals surface area contributed by atoms with Crippen LogP contribution in [-0.4, -0.2) is 62.9 Å². The zero-order valence-corrected chi connectivity index (χ0v) is 11.2. The van der Waals surface area contributed by atoms with Crippen LogP contribution in [0.5, 0.6) is 0 Å². The normalized spacial score (nSPS) is 27.9. The van der Waals surface area contributed by atoms with Gasteiger partial charge in [0.05, 0.1) is 13.2 Å². The van der Waals surface area contributed by atoms with E-state index in [1.165, 1.54) is 12.8 Å². The average Bonchev–Trinajstić information content (AvgIpc) is 3.02. The Bertz CT molecular complexity index is 267. The standard InChI is InChI=1S/C13H24N2O3/c1-17-8-9-18-10-13(16)15-7-3-5-12(15)11-4-2-6-14-11/h11-12,14H,2-10H2,1H3. The minimum Gasteiger partial charge on any atom is -0.382 e. The molecule has 104 valence electrons. The maximum absolute atomic E-state index is 12.1. The van der Waals surface area contributed by atoms with Crippen molar-refractivity contribution >= 4 is 5.91 Å². The number of carbonyl (C=O) groups is 1. The molecule has 2 atom stereocenters. The number of likely N-dealkylation sites (tertiary alicyclic amines) is 1. The minimum atomic E-state index is 0.127. The summed E-state index contributed by atoms with van der Waals surface area (Å²) < 4.78 is 10.2. The molecule has 2 heterocycles. The Balaban J connectivity index is 1.77. The maximum Gasteiger partial charge on any atom is 0.248 e. The highest BCUT2D eigenvalue weighted by Crippen LogP contribution is 2.24. The molecule has 0 aliphatic carbocycles. The molecule has 0 aromatic carbocycles. The monoisotopic (exact) mass is 256 g/mol. The second-order valence-corrected chi connectivity index (χ2v) is 5.04. The number of nitrogens with one attached hydrogen (secondary N) is 1. The summed E-state index contributed by atoms with van der Waals surface area (Å²) in [4.78, 5) is 14.1. The van der Waals surface area contributed by atoms with Crippen molar-refractivity contribution < 1.29 is 14.3 Å². The third-order valence-electron chi connectivity index (χ3n) is 3.84. The second kappa shape index (κ2) is 7.07. The second-order valence-electron chi connectivity index (χ2n) is 5.04. The van der Waals surface area contributed by atoms with Crippen molar-refractivity contribution in [2.75, 3.05) is 40.0 Å². The Morgan fingerprint density at radius 3 is 2.94 bits per heavy atom. The van der Waals surface area contributed by atoms with E-state index < -0.39 is 0 Å². The van der Waals surface area contributed by atoms with Crippen LogP contribution < -0.4 is 5.32 Å². The van der Waals surface area contributed by atoms with Gasteiger partial charge in [-0.2, -0.15) is 0 Å². The van der Waals surface area contributed by atoms with Gasteiger partial charge in [-0.25, -0.2) is 0 Å². The summed E-state index contributed by atoms with van der Waals surface area (Å²) in [5.41, 5.74) is 0. The third-order valence-corrected chi connectivity index (χ3v) is 3.84. The van der Waals surface area contributed by atoms with Gasteiger partial charge in [-0.15, -0.1) is 0 Å². The number of nitrogens with zero attached hydrogens (tertiary/aromatic N) is 1. The highest BCUT2D eigenvalue weighted by Gasteiger charge is 2.35. The molecule has 0 aromatic heterocycles. The van der Waals surface area contributed by atoms with Crippen molar-refractivity contribution in [3.05, 3.63) is 0 Å². The first-order valence-electron chi connectivity index (χ1n) is 6.92. The molecule has 2 rings (SSSR count). The molecule has 0 aromatic rings. The van der Waals surface area contributed by atoms with E-state index in [0.29, 0.717) is 25.3 Å². The fraction of sp³-hybridized carbons (Fsp3) is 0.923. The first-order chi connectivity index (χ1) is 8.83. The molecule has 5 heteroatoms. The summed E-state index contributed by atoms with van der Waals surface area (Å²) in [7, 11) is 1.63. The molecular formula is C13H24N2O3. The van der Waals surface area contributed by atoms with Crippen molar-refractivity contribution in [2.24, 2.45) is 0 Å². The quantitative estimate of drug-likeness (QED) is 0.699. The summed E-state index contributed by atoms with van der Waals surface area (Å²) in [5.74, 6) is 0.127. The molecule has 2 saturated heterocycles. The Kier molecular flexibility index (Phi) is 5.41. The number of carbonyl (C=O) groups excluding carboxylic acids is 1. The lowest BCUT2D eigenvalue weighted by Crippen LogP contribution is -2.47. The van der Waals surface area contributed by atoms with Gasteiger partial charge in [-0.05, 0) is 32.2 Å². The lowest BCUT2D eigenvalue weighted by atomic mass is 10.0. The van der Waals surface area contributed by atoms with Gasteiger partial charge >= 0.3 is 0 Å². The van der Waals surface area contributed by atoms with Crippen molar-refractivity contribution in [2.45, 2.75) is 37.8 Å². The summed E-state index contributed by atoms with van der Waals surface area (Å²) >= 11 is 0. The van der Waals surface area contributed by atoms with E-state index >= 15 is 0 Å². The molecule has 18 heavy (non-hydrogen) atoms. The van der Waals surface area contributed by atoms with Gasteiger partial charge in [0.15, 0.2) is 0 Å². The van der Waals surface area contributed by atoms with E-state index in [4.69, 9.17) is 9.47 Å².